The van der Waals surface area contributed by atoms with E-state index >= 15 is 0 Å². The normalized spacial score (nSPS) is 12.8. The Kier molecular flexibility index (Phi) is 3.71. The molecule has 114 valence electrons. The van der Waals surface area contributed by atoms with Gasteiger partial charge in [-0.05, 0) is 37.5 Å². The van der Waals surface area contributed by atoms with Gasteiger partial charge < -0.3 is 14.6 Å². The van der Waals surface area contributed by atoms with Gasteiger partial charge in [0, 0.05) is 24.0 Å². The monoisotopic (exact) mass is 298 g/mol. The first-order chi connectivity index (χ1) is 10.6. The third-order valence-electron chi connectivity index (χ3n) is 3.90. The van der Waals surface area contributed by atoms with Gasteiger partial charge in [-0.25, -0.2) is 0 Å². The Morgan fingerprint density at radius 2 is 2.14 bits per heavy atom. The summed E-state index contributed by atoms with van der Waals surface area (Å²) in [6.45, 7) is 2.62. The molecule has 0 radical (unpaired) electrons. The SMILES string of the molecule is COc1cc(=O)n2c(c1C(=O)Nc1cccc(C)c1)CCC2. The van der Waals surface area contributed by atoms with Gasteiger partial charge in [-0.2, -0.15) is 0 Å². The minimum atomic E-state index is -0.242. The summed E-state index contributed by atoms with van der Waals surface area (Å²) in [5.41, 5.74) is 2.90. The molecule has 1 aliphatic rings. The van der Waals surface area contributed by atoms with E-state index in [4.69, 9.17) is 4.74 Å². The van der Waals surface area contributed by atoms with Crippen LogP contribution < -0.4 is 15.6 Å². The van der Waals surface area contributed by atoms with Gasteiger partial charge in [0.25, 0.3) is 11.5 Å². The molecule has 0 saturated heterocycles. The van der Waals surface area contributed by atoms with Crippen molar-refractivity contribution >= 4 is 11.6 Å². The van der Waals surface area contributed by atoms with Crippen molar-refractivity contribution in [1.29, 1.82) is 0 Å². The van der Waals surface area contributed by atoms with Crippen LogP contribution in [0.4, 0.5) is 5.69 Å². The number of aromatic nitrogens is 1. The maximum Gasteiger partial charge on any atom is 0.261 e. The number of fused-ring (bicyclic) bond motifs is 1. The van der Waals surface area contributed by atoms with Gasteiger partial charge in [0.15, 0.2) is 0 Å². The average molecular weight is 298 g/mol. The summed E-state index contributed by atoms with van der Waals surface area (Å²) in [5, 5.41) is 2.89. The van der Waals surface area contributed by atoms with E-state index in [2.05, 4.69) is 5.32 Å². The Labute approximate surface area is 128 Å². The minimum Gasteiger partial charge on any atom is -0.496 e. The third kappa shape index (κ3) is 2.50. The molecule has 1 N–H and O–H groups in total. The van der Waals surface area contributed by atoms with Gasteiger partial charge in [0.2, 0.25) is 0 Å². The first-order valence-electron chi connectivity index (χ1n) is 7.29. The second-order valence-electron chi connectivity index (χ2n) is 5.45. The smallest absolute Gasteiger partial charge is 0.261 e. The molecule has 3 rings (SSSR count). The van der Waals surface area contributed by atoms with Gasteiger partial charge in [-0.1, -0.05) is 12.1 Å². The lowest BCUT2D eigenvalue weighted by Gasteiger charge is -2.14. The maximum atomic E-state index is 12.7. The van der Waals surface area contributed by atoms with Gasteiger partial charge in [0.1, 0.15) is 11.3 Å². The molecule has 0 saturated carbocycles. The van der Waals surface area contributed by atoms with Gasteiger partial charge in [0.05, 0.1) is 7.11 Å². The van der Waals surface area contributed by atoms with Crippen LogP contribution in [0.15, 0.2) is 35.1 Å². The molecule has 1 aromatic carbocycles. The van der Waals surface area contributed by atoms with Crippen LogP contribution in [0.1, 0.15) is 28.0 Å². The van der Waals surface area contributed by atoms with E-state index in [-0.39, 0.29) is 11.5 Å². The molecule has 0 spiro atoms. The third-order valence-corrected chi connectivity index (χ3v) is 3.90. The molecule has 0 bridgehead atoms. The minimum absolute atomic E-state index is 0.114. The van der Waals surface area contributed by atoms with Crippen LogP contribution in [0.2, 0.25) is 0 Å². The zero-order chi connectivity index (χ0) is 15.7. The molecule has 1 amide bonds. The number of carbonyl (C=O) groups excluding carboxylic acids is 1. The summed E-state index contributed by atoms with van der Waals surface area (Å²) in [4.78, 5) is 24.7. The molecule has 2 heterocycles. The number of ether oxygens (including phenoxy) is 1. The van der Waals surface area contributed by atoms with Crippen molar-refractivity contribution in [1.82, 2.24) is 4.57 Å². The van der Waals surface area contributed by atoms with Crippen molar-refractivity contribution in [3.05, 3.63) is 57.5 Å². The van der Waals surface area contributed by atoms with E-state index < -0.39 is 0 Å². The van der Waals surface area contributed by atoms with E-state index in [1.807, 2.05) is 31.2 Å². The lowest BCUT2D eigenvalue weighted by molar-refractivity contribution is 0.102. The van der Waals surface area contributed by atoms with Crippen molar-refractivity contribution in [3.8, 4) is 5.75 Å². The van der Waals surface area contributed by atoms with Crippen molar-refractivity contribution in [2.75, 3.05) is 12.4 Å². The lowest BCUT2D eigenvalue weighted by atomic mass is 10.1. The number of benzene rings is 1. The number of methoxy groups -OCH3 is 1. The summed E-state index contributed by atoms with van der Waals surface area (Å²) >= 11 is 0. The van der Waals surface area contributed by atoms with Gasteiger partial charge in [-0.15, -0.1) is 0 Å². The number of nitrogens with zero attached hydrogens (tertiary/aromatic N) is 1. The summed E-state index contributed by atoms with van der Waals surface area (Å²) in [5.74, 6) is 0.0939. The van der Waals surface area contributed by atoms with Crippen molar-refractivity contribution in [2.45, 2.75) is 26.3 Å². The number of aryl methyl sites for hydroxylation is 1. The van der Waals surface area contributed by atoms with Gasteiger partial charge >= 0.3 is 0 Å². The molecule has 0 aliphatic carbocycles. The van der Waals surface area contributed by atoms with Crippen LogP contribution in [-0.2, 0) is 13.0 Å². The maximum absolute atomic E-state index is 12.7. The van der Waals surface area contributed by atoms with E-state index in [0.717, 1.165) is 23.4 Å². The lowest BCUT2D eigenvalue weighted by Crippen LogP contribution is -2.24. The molecule has 1 aromatic heterocycles. The number of carbonyl (C=O) groups is 1. The number of hydrogen-bond donors (Lipinski definition) is 1. The molecule has 22 heavy (non-hydrogen) atoms. The van der Waals surface area contributed by atoms with Crippen LogP contribution in [-0.4, -0.2) is 17.6 Å². The quantitative estimate of drug-likeness (QED) is 0.946. The fourth-order valence-electron chi connectivity index (χ4n) is 2.90. The van der Waals surface area contributed by atoms with Crippen LogP contribution in [0.5, 0.6) is 5.75 Å². The van der Waals surface area contributed by atoms with Crippen LogP contribution in [0, 0.1) is 6.92 Å². The summed E-state index contributed by atoms with van der Waals surface area (Å²) < 4.78 is 6.92. The number of pyridine rings is 1. The van der Waals surface area contributed by atoms with Gasteiger partial charge in [-0.3, -0.25) is 9.59 Å². The zero-order valence-electron chi connectivity index (χ0n) is 12.7. The van der Waals surface area contributed by atoms with E-state index in [0.29, 0.717) is 24.3 Å². The highest BCUT2D eigenvalue weighted by Gasteiger charge is 2.25. The molecular formula is C17H18N2O3. The molecular weight excluding hydrogens is 280 g/mol. The van der Waals surface area contributed by atoms with Crippen molar-refractivity contribution in [2.24, 2.45) is 0 Å². The van der Waals surface area contributed by atoms with Crippen LogP contribution in [0.3, 0.4) is 0 Å². The average Bonchev–Trinajstić information content (AvgIpc) is 2.96. The number of nitrogens with one attached hydrogen (secondary N) is 1. The highest BCUT2D eigenvalue weighted by molar-refractivity contribution is 6.07. The Morgan fingerprint density at radius 1 is 1.32 bits per heavy atom. The van der Waals surface area contributed by atoms with E-state index in [9.17, 15) is 9.59 Å². The Morgan fingerprint density at radius 3 is 2.86 bits per heavy atom. The number of anilines is 1. The molecule has 1 aliphatic heterocycles. The number of rotatable bonds is 3. The van der Waals surface area contributed by atoms with Crippen molar-refractivity contribution in [3.63, 3.8) is 0 Å². The van der Waals surface area contributed by atoms with E-state index in [1.165, 1.54) is 13.2 Å². The molecule has 0 unspecified atom stereocenters. The highest BCUT2D eigenvalue weighted by atomic mass is 16.5. The zero-order valence-corrected chi connectivity index (χ0v) is 12.7. The fourth-order valence-corrected chi connectivity index (χ4v) is 2.90. The summed E-state index contributed by atoms with van der Waals surface area (Å²) in [7, 11) is 1.48. The number of hydrogen-bond acceptors (Lipinski definition) is 3. The first kappa shape index (κ1) is 14.4. The molecule has 0 fully saturated rings. The van der Waals surface area contributed by atoms with Crippen molar-refractivity contribution < 1.29 is 9.53 Å². The Bertz CT molecular complexity index is 793. The summed E-state index contributed by atoms with van der Waals surface area (Å²) in [6, 6.07) is 8.99. The van der Waals surface area contributed by atoms with E-state index in [1.54, 1.807) is 4.57 Å². The Balaban J connectivity index is 2.02. The molecule has 5 heteroatoms. The largest absolute Gasteiger partial charge is 0.496 e. The first-order valence-corrected chi connectivity index (χ1v) is 7.29. The second kappa shape index (κ2) is 5.67. The predicted molar refractivity (Wildman–Crippen MR) is 84.7 cm³/mol. The predicted octanol–water partition coefficient (Wildman–Crippen LogP) is 2.36. The number of amides is 1. The standard InChI is InChI=1S/C17H18N2O3/c1-11-5-3-6-12(9-11)18-17(21)16-13-7-4-8-19(13)15(20)10-14(16)22-2/h3,5-6,9-10H,4,7-8H2,1-2H3,(H,18,21). The fraction of sp³-hybridized carbons (Fsp3) is 0.294. The topological polar surface area (TPSA) is 60.3 Å². The second-order valence-corrected chi connectivity index (χ2v) is 5.45. The van der Waals surface area contributed by atoms with Crippen LogP contribution >= 0.6 is 0 Å². The molecule has 0 atom stereocenters. The molecule has 5 nitrogen and oxygen atoms in total. The Hall–Kier alpha value is -2.56. The summed E-state index contributed by atoms with van der Waals surface area (Å²) in [6.07, 6.45) is 1.58. The highest BCUT2D eigenvalue weighted by Crippen LogP contribution is 2.26. The molecule has 2 aromatic rings. The van der Waals surface area contributed by atoms with Crippen LogP contribution in [0.25, 0.3) is 0 Å².